The summed E-state index contributed by atoms with van der Waals surface area (Å²) in [6.07, 6.45) is 1.61. The molecule has 0 atom stereocenters. The summed E-state index contributed by atoms with van der Waals surface area (Å²) in [5.74, 6) is 0.916. The predicted molar refractivity (Wildman–Crippen MR) is 120 cm³/mol. The van der Waals surface area contributed by atoms with Crippen molar-refractivity contribution in [3.8, 4) is 0 Å². The van der Waals surface area contributed by atoms with Crippen LogP contribution < -0.4 is 5.32 Å². The minimum Gasteiger partial charge on any atom is -0.364 e. The first kappa shape index (κ1) is 22.3. The standard InChI is InChI=1S/C18H23Cl2N5O.HI/c1-2-21-18(22-12-14-3-4-15(19)11-17(14)20)25-8-6-24(7-9-25)13-16-5-10-26-23-16;/h3-5,10-11H,2,6-9,12-13H2,1H3,(H,21,22);1H. The Bertz CT molecular complexity index is 733. The third-order valence-electron chi connectivity index (χ3n) is 4.30. The molecule has 0 aliphatic carbocycles. The molecule has 1 N–H and O–H groups in total. The molecule has 2 heterocycles. The average Bonchev–Trinajstić information content (AvgIpc) is 3.14. The smallest absolute Gasteiger partial charge is 0.194 e. The maximum atomic E-state index is 6.25. The number of guanidine groups is 1. The van der Waals surface area contributed by atoms with Crippen molar-refractivity contribution in [3.05, 3.63) is 51.8 Å². The summed E-state index contributed by atoms with van der Waals surface area (Å²) in [6.45, 7) is 7.99. The van der Waals surface area contributed by atoms with E-state index in [1.165, 1.54) is 0 Å². The quantitative estimate of drug-likeness (QED) is 0.366. The number of hydrogen-bond donors (Lipinski definition) is 1. The number of nitrogens with one attached hydrogen (secondary N) is 1. The van der Waals surface area contributed by atoms with Crippen LogP contribution >= 0.6 is 47.2 Å². The van der Waals surface area contributed by atoms with Crippen molar-refractivity contribution in [1.29, 1.82) is 0 Å². The van der Waals surface area contributed by atoms with Gasteiger partial charge in [0, 0.05) is 55.4 Å². The van der Waals surface area contributed by atoms with Crippen molar-refractivity contribution in [2.24, 2.45) is 4.99 Å². The fourth-order valence-electron chi connectivity index (χ4n) is 2.90. The molecule has 1 fully saturated rings. The highest BCUT2D eigenvalue weighted by atomic mass is 127. The zero-order chi connectivity index (χ0) is 18.4. The minimum absolute atomic E-state index is 0. The molecule has 1 aromatic heterocycles. The number of nitrogens with zero attached hydrogens (tertiary/aromatic N) is 4. The summed E-state index contributed by atoms with van der Waals surface area (Å²) < 4.78 is 4.90. The van der Waals surface area contributed by atoms with E-state index in [9.17, 15) is 0 Å². The summed E-state index contributed by atoms with van der Waals surface area (Å²) >= 11 is 12.2. The van der Waals surface area contributed by atoms with E-state index in [4.69, 9.17) is 32.7 Å². The van der Waals surface area contributed by atoms with Crippen LogP contribution in [0.4, 0.5) is 0 Å². The molecule has 1 aromatic carbocycles. The number of halogens is 3. The van der Waals surface area contributed by atoms with Crippen molar-refractivity contribution in [2.45, 2.75) is 20.0 Å². The van der Waals surface area contributed by atoms with E-state index in [2.05, 4.69) is 27.2 Å². The van der Waals surface area contributed by atoms with Gasteiger partial charge in [0.15, 0.2) is 5.96 Å². The van der Waals surface area contributed by atoms with E-state index >= 15 is 0 Å². The Balaban J connectivity index is 0.00000261. The Morgan fingerprint density at radius 3 is 2.63 bits per heavy atom. The van der Waals surface area contributed by atoms with E-state index < -0.39 is 0 Å². The topological polar surface area (TPSA) is 56.9 Å². The summed E-state index contributed by atoms with van der Waals surface area (Å²) in [4.78, 5) is 9.41. The van der Waals surface area contributed by atoms with Gasteiger partial charge < -0.3 is 14.7 Å². The number of piperazine rings is 1. The third-order valence-corrected chi connectivity index (χ3v) is 4.88. The predicted octanol–water partition coefficient (Wildman–Crippen LogP) is 3.88. The largest absolute Gasteiger partial charge is 0.364 e. The number of hydrogen-bond acceptors (Lipinski definition) is 4. The molecule has 0 unspecified atom stereocenters. The van der Waals surface area contributed by atoms with Gasteiger partial charge in [0.1, 0.15) is 6.26 Å². The summed E-state index contributed by atoms with van der Waals surface area (Å²) in [5, 5.41) is 8.64. The Labute approximate surface area is 186 Å². The van der Waals surface area contributed by atoms with Crippen LogP contribution in [0.3, 0.4) is 0 Å². The van der Waals surface area contributed by atoms with Gasteiger partial charge in [0.2, 0.25) is 0 Å². The Morgan fingerprint density at radius 2 is 2.00 bits per heavy atom. The fraction of sp³-hybridized carbons (Fsp3) is 0.444. The lowest BCUT2D eigenvalue weighted by atomic mass is 10.2. The van der Waals surface area contributed by atoms with Gasteiger partial charge in [-0.25, -0.2) is 4.99 Å². The van der Waals surface area contributed by atoms with E-state index in [0.717, 1.165) is 56.5 Å². The van der Waals surface area contributed by atoms with Gasteiger partial charge in [-0.2, -0.15) is 0 Å². The van der Waals surface area contributed by atoms with E-state index in [1.54, 1.807) is 12.3 Å². The summed E-state index contributed by atoms with van der Waals surface area (Å²) in [6, 6.07) is 7.43. The molecule has 0 amide bonds. The van der Waals surface area contributed by atoms with Crippen LogP contribution in [-0.4, -0.2) is 53.6 Å². The second kappa shape index (κ2) is 11.1. The van der Waals surface area contributed by atoms with Crippen LogP contribution in [0.5, 0.6) is 0 Å². The van der Waals surface area contributed by atoms with Crippen LogP contribution in [-0.2, 0) is 13.1 Å². The van der Waals surface area contributed by atoms with Gasteiger partial charge in [0.25, 0.3) is 0 Å². The monoisotopic (exact) mass is 523 g/mol. The lowest BCUT2D eigenvalue weighted by Crippen LogP contribution is -2.52. The molecule has 148 valence electrons. The van der Waals surface area contributed by atoms with Crippen molar-refractivity contribution in [3.63, 3.8) is 0 Å². The number of aromatic nitrogens is 1. The number of aliphatic imine (C=N–C) groups is 1. The SMILES string of the molecule is CCNC(=NCc1ccc(Cl)cc1Cl)N1CCN(Cc2ccon2)CC1.I. The third kappa shape index (κ3) is 6.51. The second-order valence-corrected chi connectivity index (χ2v) is 7.00. The Morgan fingerprint density at radius 1 is 1.22 bits per heavy atom. The zero-order valence-electron chi connectivity index (χ0n) is 15.2. The highest BCUT2D eigenvalue weighted by Crippen LogP contribution is 2.21. The maximum Gasteiger partial charge on any atom is 0.194 e. The molecule has 3 rings (SSSR count). The van der Waals surface area contributed by atoms with Gasteiger partial charge in [-0.1, -0.05) is 34.4 Å². The van der Waals surface area contributed by atoms with Crippen molar-refractivity contribution in [1.82, 2.24) is 20.3 Å². The molecule has 0 radical (unpaired) electrons. The van der Waals surface area contributed by atoms with Crippen LogP contribution in [0.1, 0.15) is 18.2 Å². The zero-order valence-corrected chi connectivity index (χ0v) is 19.0. The number of rotatable bonds is 5. The van der Waals surface area contributed by atoms with Gasteiger partial charge >= 0.3 is 0 Å². The molecule has 1 saturated heterocycles. The van der Waals surface area contributed by atoms with E-state index in [0.29, 0.717) is 16.6 Å². The molecular formula is C18H24Cl2IN5O. The normalized spacial score (nSPS) is 15.5. The molecule has 27 heavy (non-hydrogen) atoms. The minimum atomic E-state index is 0. The van der Waals surface area contributed by atoms with Gasteiger partial charge in [-0.05, 0) is 24.6 Å². The molecule has 9 heteroatoms. The Kier molecular flexibility index (Phi) is 9.14. The molecule has 0 saturated carbocycles. The second-order valence-electron chi connectivity index (χ2n) is 6.16. The van der Waals surface area contributed by atoms with Crippen molar-refractivity contribution >= 4 is 53.1 Å². The first-order chi connectivity index (χ1) is 12.7. The maximum absolute atomic E-state index is 6.25. The number of benzene rings is 1. The molecule has 6 nitrogen and oxygen atoms in total. The summed E-state index contributed by atoms with van der Waals surface area (Å²) in [7, 11) is 0. The van der Waals surface area contributed by atoms with Crippen LogP contribution in [0, 0.1) is 0 Å². The van der Waals surface area contributed by atoms with Crippen LogP contribution in [0.2, 0.25) is 10.0 Å². The molecule has 1 aliphatic heterocycles. The molecular weight excluding hydrogens is 500 g/mol. The van der Waals surface area contributed by atoms with E-state index in [1.807, 2.05) is 18.2 Å². The molecule has 0 spiro atoms. The highest BCUT2D eigenvalue weighted by Gasteiger charge is 2.20. The Hall–Kier alpha value is -1.03. The molecule has 1 aliphatic rings. The lowest BCUT2D eigenvalue weighted by molar-refractivity contribution is 0.169. The highest BCUT2D eigenvalue weighted by molar-refractivity contribution is 14.0. The van der Waals surface area contributed by atoms with Crippen molar-refractivity contribution < 1.29 is 4.52 Å². The van der Waals surface area contributed by atoms with Gasteiger partial charge in [-0.3, -0.25) is 4.90 Å². The van der Waals surface area contributed by atoms with Crippen molar-refractivity contribution in [2.75, 3.05) is 32.7 Å². The first-order valence-corrected chi connectivity index (χ1v) is 9.50. The molecule has 2 aromatic rings. The van der Waals surface area contributed by atoms with Gasteiger partial charge in [-0.15, -0.1) is 24.0 Å². The summed E-state index contributed by atoms with van der Waals surface area (Å²) in [5.41, 5.74) is 1.94. The average molecular weight is 524 g/mol. The van der Waals surface area contributed by atoms with Crippen LogP contribution in [0.25, 0.3) is 0 Å². The van der Waals surface area contributed by atoms with Crippen LogP contribution in [0.15, 0.2) is 40.0 Å². The fourth-order valence-corrected chi connectivity index (χ4v) is 3.37. The van der Waals surface area contributed by atoms with E-state index in [-0.39, 0.29) is 24.0 Å². The lowest BCUT2D eigenvalue weighted by Gasteiger charge is -2.36. The van der Waals surface area contributed by atoms with Gasteiger partial charge in [0.05, 0.1) is 12.2 Å². The first-order valence-electron chi connectivity index (χ1n) is 8.74. The molecule has 0 bridgehead atoms.